The van der Waals surface area contributed by atoms with Gasteiger partial charge in [-0.25, -0.2) is 4.79 Å². The minimum atomic E-state index is -2.02. The monoisotopic (exact) mass is 975 g/mol. The number of aliphatic hydroxyl groups is 12. The van der Waals surface area contributed by atoms with Gasteiger partial charge in [0.05, 0.1) is 49.1 Å². The van der Waals surface area contributed by atoms with Crippen molar-refractivity contribution in [2.45, 2.75) is 217 Å². The van der Waals surface area contributed by atoms with E-state index in [0.29, 0.717) is 32.1 Å². The molecule has 4 saturated carbocycles. The van der Waals surface area contributed by atoms with Crippen LogP contribution in [0.5, 0.6) is 0 Å². The molecule has 0 aromatic heterocycles. The molecule has 3 saturated heterocycles. The van der Waals surface area contributed by atoms with E-state index in [4.69, 9.17) is 28.4 Å². The maximum absolute atomic E-state index is 13.0. The molecule has 0 aromatic rings. The zero-order valence-electron chi connectivity index (χ0n) is 40.3. The average molecular weight is 975 g/mol. The van der Waals surface area contributed by atoms with Crippen LogP contribution in [0.3, 0.4) is 0 Å². The Labute approximate surface area is 396 Å². The average Bonchev–Trinajstić information content (AvgIpc) is 3.27. The van der Waals surface area contributed by atoms with Crippen molar-refractivity contribution in [3.8, 4) is 0 Å². The highest BCUT2D eigenvalue weighted by atomic mass is 16.8. The zero-order chi connectivity index (χ0) is 50.2. The second kappa shape index (κ2) is 18.2. The van der Waals surface area contributed by atoms with Gasteiger partial charge in [-0.1, -0.05) is 60.1 Å². The quantitative estimate of drug-likeness (QED) is 0.0938. The van der Waals surface area contributed by atoms with Gasteiger partial charge in [-0.2, -0.15) is 0 Å². The van der Waals surface area contributed by atoms with E-state index in [1.807, 2.05) is 13.8 Å². The van der Waals surface area contributed by atoms with Crippen LogP contribution in [-0.2, 0) is 33.2 Å². The fraction of sp³-hybridized carbons (Fsp3) is 0.938. The maximum atomic E-state index is 13.0. The van der Waals surface area contributed by atoms with Crippen LogP contribution >= 0.6 is 0 Å². The molecule has 7 fully saturated rings. The third kappa shape index (κ3) is 7.72. The number of hydrogen-bond acceptors (Lipinski definition) is 19. The molecule has 390 valence electrons. The van der Waals surface area contributed by atoms with E-state index in [1.54, 1.807) is 0 Å². The third-order valence-corrected chi connectivity index (χ3v) is 19.7. The zero-order valence-corrected chi connectivity index (χ0v) is 40.3. The summed E-state index contributed by atoms with van der Waals surface area (Å²) < 4.78 is 36.1. The first-order valence-electron chi connectivity index (χ1n) is 24.5. The van der Waals surface area contributed by atoms with Crippen molar-refractivity contribution >= 4 is 5.97 Å². The first kappa shape index (κ1) is 52.8. The van der Waals surface area contributed by atoms with Crippen molar-refractivity contribution in [2.75, 3.05) is 13.2 Å². The van der Waals surface area contributed by atoms with Gasteiger partial charge in [0, 0.05) is 0 Å². The molecule has 8 rings (SSSR count). The van der Waals surface area contributed by atoms with Crippen LogP contribution in [0.4, 0.5) is 0 Å². The van der Waals surface area contributed by atoms with Gasteiger partial charge in [0.15, 0.2) is 25.0 Å². The number of aliphatic carboxylic acids is 1. The van der Waals surface area contributed by atoms with Crippen LogP contribution in [0.15, 0.2) is 11.6 Å². The summed E-state index contributed by atoms with van der Waals surface area (Å²) in [5, 5.41) is 142. The van der Waals surface area contributed by atoms with E-state index in [0.717, 1.165) is 18.4 Å². The predicted molar refractivity (Wildman–Crippen MR) is 233 cm³/mol. The summed E-state index contributed by atoms with van der Waals surface area (Å²) in [5.41, 5.74) is -2.71. The summed E-state index contributed by atoms with van der Waals surface area (Å²) in [6.45, 7) is 14.9. The van der Waals surface area contributed by atoms with E-state index in [1.165, 1.54) is 6.92 Å². The van der Waals surface area contributed by atoms with E-state index in [-0.39, 0.29) is 28.6 Å². The topological polar surface area (TPSA) is 335 Å². The van der Waals surface area contributed by atoms with E-state index < -0.39 is 157 Å². The fourth-order valence-corrected chi connectivity index (χ4v) is 15.3. The van der Waals surface area contributed by atoms with Crippen molar-refractivity contribution in [1.82, 2.24) is 0 Å². The molecule has 5 aliphatic carbocycles. The lowest BCUT2D eigenvalue weighted by Crippen LogP contribution is -2.71. The molecule has 8 aliphatic rings. The van der Waals surface area contributed by atoms with Gasteiger partial charge in [-0.15, -0.1) is 0 Å². The molecule has 0 bridgehead atoms. The van der Waals surface area contributed by atoms with E-state index >= 15 is 0 Å². The Kier molecular flexibility index (Phi) is 14.1. The van der Waals surface area contributed by atoms with Gasteiger partial charge in [0.1, 0.15) is 61.0 Å². The van der Waals surface area contributed by atoms with Crippen molar-refractivity contribution in [2.24, 2.45) is 50.2 Å². The van der Waals surface area contributed by atoms with Crippen LogP contribution in [0.25, 0.3) is 0 Å². The summed E-state index contributed by atoms with van der Waals surface area (Å²) in [6.07, 6.45) is -24.2. The highest BCUT2D eigenvalue weighted by Crippen LogP contribution is 2.76. The number of carboxylic acids is 1. The molecule has 0 radical (unpaired) electrons. The standard InChI is InChI=1S/C48H78O20/c1-19-27(52)29(54)31(56)40(63-19)66-34-33(58)35(67-41-32(57)30(55)28(53)22(17-49)64-41)42(68-36(34)39(61)62)65-26-12-13-45(6)23(44(26,4)5)11-14-46(7)24(45)10-9-20-21-15-43(2,3)37(59)38(60)48(21,18-50)25(51)16-47(20,46)8/h9,19,21-38,40-42,49-60H,10-18H2,1-8H3,(H,61,62)/t19-,21-,22+,23-,24+,25+,26-,27-,28-,29+,30-,31+,32+,33-,34-,35+,36-,37-,38-,40-,41-,42+,45-,46+,47+,48-/m0/s1. The molecule has 3 heterocycles. The van der Waals surface area contributed by atoms with Gasteiger partial charge in [0.25, 0.3) is 0 Å². The molecule has 0 aromatic carbocycles. The predicted octanol–water partition coefficient (Wildman–Crippen LogP) is -1.35. The molecule has 26 atom stereocenters. The van der Waals surface area contributed by atoms with Gasteiger partial charge >= 0.3 is 5.97 Å². The molecule has 0 unspecified atom stereocenters. The van der Waals surface area contributed by atoms with E-state index in [2.05, 4.69) is 40.7 Å². The van der Waals surface area contributed by atoms with Gasteiger partial charge in [-0.05, 0) is 96.7 Å². The summed E-state index contributed by atoms with van der Waals surface area (Å²) in [5.74, 6) is -1.88. The lowest BCUT2D eigenvalue weighted by Gasteiger charge is -2.72. The largest absolute Gasteiger partial charge is 0.479 e. The van der Waals surface area contributed by atoms with Crippen LogP contribution in [0, 0.1) is 50.2 Å². The highest BCUT2D eigenvalue weighted by molar-refractivity contribution is 5.73. The van der Waals surface area contributed by atoms with Crippen LogP contribution in [0.2, 0.25) is 0 Å². The van der Waals surface area contributed by atoms with Gasteiger partial charge < -0.3 is 94.8 Å². The van der Waals surface area contributed by atoms with Crippen molar-refractivity contribution in [3.63, 3.8) is 0 Å². The number of ether oxygens (including phenoxy) is 6. The molecule has 20 heteroatoms. The molecule has 68 heavy (non-hydrogen) atoms. The lowest BCUT2D eigenvalue weighted by atomic mass is 9.33. The number of carbonyl (C=O) groups is 1. The summed E-state index contributed by atoms with van der Waals surface area (Å²) in [6, 6.07) is 0. The molecule has 13 N–H and O–H groups in total. The summed E-state index contributed by atoms with van der Waals surface area (Å²) in [7, 11) is 0. The van der Waals surface area contributed by atoms with Gasteiger partial charge in [0.2, 0.25) is 0 Å². The molecular formula is C48H78O20. The summed E-state index contributed by atoms with van der Waals surface area (Å²) in [4.78, 5) is 13.0. The van der Waals surface area contributed by atoms with E-state index in [9.17, 15) is 71.2 Å². The number of allylic oxidation sites excluding steroid dienone is 2. The van der Waals surface area contributed by atoms with Crippen LogP contribution < -0.4 is 0 Å². The molecule has 0 spiro atoms. The third-order valence-electron chi connectivity index (χ3n) is 19.7. The van der Waals surface area contributed by atoms with Crippen LogP contribution in [-0.4, -0.2) is 202 Å². The van der Waals surface area contributed by atoms with Crippen molar-refractivity contribution in [3.05, 3.63) is 11.6 Å². The first-order chi connectivity index (χ1) is 31.6. The number of fused-ring (bicyclic) bond motifs is 7. The van der Waals surface area contributed by atoms with Crippen molar-refractivity contribution < 1.29 is 99.6 Å². The molecular weight excluding hydrogens is 897 g/mol. The first-order valence-corrected chi connectivity index (χ1v) is 24.5. The van der Waals surface area contributed by atoms with Gasteiger partial charge in [-0.3, -0.25) is 0 Å². The Hall–Kier alpha value is -1.51. The number of carboxylic acid groups (broad SMARTS) is 1. The smallest absolute Gasteiger partial charge is 0.335 e. The van der Waals surface area contributed by atoms with Crippen molar-refractivity contribution in [1.29, 1.82) is 0 Å². The fourth-order valence-electron chi connectivity index (χ4n) is 15.3. The number of rotatable bonds is 9. The number of aliphatic hydroxyl groups excluding tert-OH is 12. The summed E-state index contributed by atoms with van der Waals surface area (Å²) >= 11 is 0. The number of hydrogen-bond donors (Lipinski definition) is 13. The Morgan fingerprint density at radius 1 is 0.676 bits per heavy atom. The Morgan fingerprint density at radius 2 is 1.29 bits per heavy atom. The Balaban J connectivity index is 1.09. The highest BCUT2D eigenvalue weighted by Gasteiger charge is 2.72. The normalized spacial score (nSPS) is 55.4. The maximum Gasteiger partial charge on any atom is 0.335 e. The SMILES string of the molecule is C[C@@H]1O[C@@H](O[C@H]2[C@H](O)[C@@H](O[C@@H]3O[C@H](CO)[C@H](O)[C@H](O)[C@H]3O)[C@H](O[C@H]3CC[C@]4(C)[C@H]5CC=C6[C@@H]7CC(C)(C)[C@@H](O)[C@H](O)[C@]7(CO)[C@H](O)C[C@@]6(C)[C@]5(C)CC[C@H]4C3(C)C)O[C@@H]2C(=O)O)[C@H](O)[C@H](O)[C@H]1O. The lowest BCUT2D eigenvalue weighted by molar-refractivity contribution is -0.390. The molecule has 3 aliphatic heterocycles. The second-order valence-electron chi connectivity index (χ2n) is 23.7. The Bertz CT molecular complexity index is 1880. The molecule has 20 nitrogen and oxygen atoms in total. The minimum absolute atomic E-state index is 0.000562. The second-order valence-corrected chi connectivity index (χ2v) is 23.7. The Morgan fingerprint density at radius 3 is 1.91 bits per heavy atom. The minimum Gasteiger partial charge on any atom is -0.479 e. The van der Waals surface area contributed by atoms with Crippen LogP contribution in [0.1, 0.15) is 100 Å². The molecule has 0 amide bonds.